The van der Waals surface area contributed by atoms with Gasteiger partial charge in [0.15, 0.2) is 0 Å². The maximum atomic E-state index is 13.5. The van der Waals surface area contributed by atoms with Crippen LogP contribution < -0.4 is 5.32 Å². The van der Waals surface area contributed by atoms with Crippen molar-refractivity contribution >= 4 is 13.5 Å². The minimum atomic E-state index is -3.45. The predicted molar refractivity (Wildman–Crippen MR) is 128 cm³/mol. The second-order valence-electron chi connectivity index (χ2n) is 7.60. The summed E-state index contributed by atoms with van der Waals surface area (Å²) in [7, 11) is -3.45. The number of amides is 1. The van der Waals surface area contributed by atoms with E-state index in [0.717, 1.165) is 17.5 Å². The van der Waals surface area contributed by atoms with E-state index >= 15 is 0 Å². The van der Waals surface area contributed by atoms with Crippen molar-refractivity contribution in [3.05, 3.63) is 71.8 Å². The summed E-state index contributed by atoms with van der Waals surface area (Å²) in [5.74, 6) is -0.180. The standard InChI is InChI=1S/C25H36NO5P/c1-4-23(20-29-19-22-15-11-8-12-16-22)26-25(27)18-24(17-21-13-9-7-10-14-21)32(28,30-5-2)31-6-3/h7-16,23-24H,4-6,17-20H2,1-3H3,(H,26,27)/t23-,24?/m1/s1. The topological polar surface area (TPSA) is 73.9 Å². The lowest BCUT2D eigenvalue weighted by atomic mass is 10.1. The van der Waals surface area contributed by atoms with Crippen LogP contribution in [-0.4, -0.2) is 37.4 Å². The van der Waals surface area contributed by atoms with Crippen LogP contribution in [0, 0.1) is 0 Å². The molecule has 1 amide bonds. The third-order valence-corrected chi connectivity index (χ3v) is 7.58. The molecule has 0 spiro atoms. The van der Waals surface area contributed by atoms with E-state index in [1.165, 1.54) is 0 Å². The first-order chi connectivity index (χ1) is 15.5. The lowest BCUT2D eigenvalue weighted by molar-refractivity contribution is -0.122. The molecule has 0 heterocycles. The zero-order valence-corrected chi connectivity index (χ0v) is 20.3. The minimum absolute atomic E-state index is 0.0569. The molecule has 0 radical (unpaired) electrons. The number of carbonyl (C=O) groups excluding carboxylic acids is 1. The maximum absolute atomic E-state index is 13.5. The van der Waals surface area contributed by atoms with Gasteiger partial charge in [0.25, 0.3) is 0 Å². The van der Waals surface area contributed by atoms with Crippen molar-refractivity contribution in [2.75, 3.05) is 19.8 Å². The fourth-order valence-electron chi connectivity index (χ4n) is 3.45. The molecule has 2 aromatic carbocycles. The molecule has 0 fully saturated rings. The van der Waals surface area contributed by atoms with Gasteiger partial charge in [-0.05, 0) is 37.8 Å². The number of hydrogen-bond donors (Lipinski definition) is 1. The highest BCUT2D eigenvalue weighted by Gasteiger charge is 2.37. The summed E-state index contributed by atoms with van der Waals surface area (Å²) in [6.07, 6.45) is 1.23. The predicted octanol–water partition coefficient (Wildman–Crippen LogP) is 5.37. The minimum Gasteiger partial charge on any atom is -0.375 e. The van der Waals surface area contributed by atoms with Crippen LogP contribution in [0.1, 0.15) is 44.7 Å². The number of carbonyl (C=O) groups is 1. The van der Waals surface area contributed by atoms with Gasteiger partial charge in [0.05, 0.1) is 38.1 Å². The third kappa shape index (κ3) is 8.87. The van der Waals surface area contributed by atoms with Crippen LogP contribution in [0.2, 0.25) is 0 Å². The lowest BCUT2D eigenvalue weighted by Gasteiger charge is -2.27. The summed E-state index contributed by atoms with van der Waals surface area (Å²) in [6, 6.07) is 19.5. The molecule has 0 bridgehead atoms. The normalized spacial score (nSPS) is 13.5. The molecule has 0 aliphatic heterocycles. The molecule has 6 nitrogen and oxygen atoms in total. The molecule has 0 saturated carbocycles. The van der Waals surface area contributed by atoms with Gasteiger partial charge in [-0.1, -0.05) is 67.6 Å². The highest BCUT2D eigenvalue weighted by Crippen LogP contribution is 2.55. The number of ether oxygens (including phenoxy) is 1. The van der Waals surface area contributed by atoms with Crippen LogP contribution in [0.15, 0.2) is 60.7 Å². The van der Waals surface area contributed by atoms with Crippen LogP contribution >= 0.6 is 7.60 Å². The highest BCUT2D eigenvalue weighted by molar-refractivity contribution is 7.54. The number of benzene rings is 2. The third-order valence-electron chi connectivity index (χ3n) is 5.09. The quantitative estimate of drug-likeness (QED) is 0.361. The van der Waals surface area contributed by atoms with Crippen molar-refractivity contribution in [2.24, 2.45) is 0 Å². The monoisotopic (exact) mass is 461 g/mol. The second kappa shape index (κ2) is 14.2. The van der Waals surface area contributed by atoms with Gasteiger partial charge in [-0.25, -0.2) is 0 Å². The molecule has 2 rings (SSSR count). The van der Waals surface area contributed by atoms with Gasteiger partial charge < -0.3 is 19.1 Å². The molecular weight excluding hydrogens is 425 g/mol. The van der Waals surface area contributed by atoms with Gasteiger partial charge in [-0.3, -0.25) is 9.36 Å². The number of nitrogens with one attached hydrogen (secondary N) is 1. The van der Waals surface area contributed by atoms with E-state index < -0.39 is 13.3 Å². The largest absolute Gasteiger partial charge is 0.375 e. The second-order valence-corrected chi connectivity index (χ2v) is 9.92. The Balaban J connectivity index is 2.00. The average molecular weight is 462 g/mol. The Labute approximate surface area is 192 Å². The molecule has 176 valence electrons. The fourth-order valence-corrected chi connectivity index (χ4v) is 5.49. The van der Waals surface area contributed by atoms with E-state index in [-0.39, 0.29) is 31.6 Å². The Morgan fingerprint density at radius 1 is 0.906 bits per heavy atom. The van der Waals surface area contributed by atoms with E-state index in [1.807, 2.05) is 67.6 Å². The summed E-state index contributed by atoms with van der Waals surface area (Å²) < 4.78 is 30.4. The molecule has 7 heteroatoms. The summed E-state index contributed by atoms with van der Waals surface area (Å²) in [5.41, 5.74) is 1.52. The van der Waals surface area contributed by atoms with Gasteiger partial charge >= 0.3 is 7.60 Å². The first kappa shape index (κ1) is 26.3. The van der Waals surface area contributed by atoms with E-state index in [0.29, 0.717) is 19.6 Å². The average Bonchev–Trinajstić information content (AvgIpc) is 2.79. The molecule has 0 aromatic heterocycles. The molecule has 0 aliphatic carbocycles. The molecular formula is C25H36NO5P. The molecule has 1 N–H and O–H groups in total. The zero-order chi connectivity index (χ0) is 23.2. The van der Waals surface area contributed by atoms with Crippen molar-refractivity contribution in [2.45, 2.75) is 58.3 Å². The number of rotatable bonds is 15. The smallest absolute Gasteiger partial charge is 0.334 e. The van der Waals surface area contributed by atoms with E-state index in [9.17, 15) is 9.36 Å². The van der Waals surface area contributed by atoms with Gasteiger partial charge in [-0.15, -0.1) is 0 Å². The van der Waals surface area contributed by atoms with E-state index in [2.05, 4.69) is 5.32 Å². The van der Waals surface area contributed by atoms with Gasteiger partial charge in [-0.2, -0.15) is 0 Å². The van der Waals surface area contributed by atoms with Crippen LogP contribution in [0.3, 0.4) is 0 Å². The summed E-state index contributed by atoms with van der Waals surface area (Å²) in [5, 5.41) is 3.03. The summed E-state index contributed by atoms with van der Waals surface area (Å²) >= 11 is 0. The van der Waals surface area contributed by atoms with Crippen LogP contribution in [0.5, 0.6) is 0 Å². The first-order valence-corrected chi connectivity index (χ1v) is 13.0. The van der Waals surface area contributed by atoms with E-state index in [1.54, 1.807) is 13.8 Å². The summed E-state index contributed by atoms with van der Waals surface area (Å²) in [4.78, 5) is 12.9. The molecule has 32 heavy (non-hydrogen) atoms. The van der Waals surface area contributed by atoms with Gasteiger partial charge in [0, 0.05) is 6.42 Å². The Bertz CT molecular complexity index is 821. The zero-order valence-electron chi connectivity index (χ0n) is 19.4. The van der Waals surface area contributed by atoms with Crippen molar-refractivity contribution in [1.82, 2.24) is 5.32 Å². The highest BCUT2D eigenvalue weighted by atomic mass is 31.2. The Morgan fingerprint density at radius 3 is 2.00 bits per heavy atom. The molecule has 2 aromatic rings. The summed E-state index contributed by atoms with van der Waals surface area (Å²) in [6.45, 7) is 6.99. The van der Waals surface area contributed by atoms with Crippen LogP contribution in [0.4, 0.5) is 0 Å². The number of hydrogen-bond acceptors (Lipinski definition) is 5. The lowest BCUT2D eigenvalue weighted by Crippen LogP contribution is -2.39. The van der Waals surface area contributed by atoms with Crippen molar-refractivity contribution in [1.29, 1.82) is 0 Å². The fraction of sp³-hybridized carbons (Fsp3) is 0.480. The van der Waals surface area contributed by atoms with Crippen molar-refractivity contribution in [3.8, 4) is 0 Å². The SMILES string of the molecule is CCOP(=O)(OCC)C(CC(=O)N[C@H](CC)COCc1ccccc1)Cc1ccccc1. The van der Waals surface area contributed by atoms with Gasteiger partial charge in [0.2, 0.25) is 5.91 Å². The van der Waals surface area contributed by atoms with Crippen LogP contribution in [-0.2, 0) is 36.2 Å². The molecule has 0 saturated heterocycles. The molecule has 1 unspecified atom stereocenters. The van der Waals surface area contributed by atoms with Gasteiger partial charge in [0.1, 0.15) is 0 Å². The molecule has 0 aliphatic rings. The first-order valence-electron chi connectivity index (χ1n) is 11.3. The Hall–Kier alpha value is -1.98. The maximum Gasteiger partial charge on any atom is 0.334 e. The van der Waals surface area contributed by atoms with E-state index in [4.69, 9.17) is 13.8 Å². The van der Waals surface area contributed by atoms with Crippen molar-refractivity contribution in [3.63, 3.8) is 0 Å². The Kier molecular flexibility index (Phi) is 11.7. The Morgan fingerprint density at radius 2 is 1.47 bits per heavy atom. The van der Waals surface area contributed by atoms with Crippen molar-refractivity contribution < 1.29 is 23.1 Å². The molecule has 2 atom stereocenters. The van der Waals surface area contributed by atoms with Crippen LogP contribution in [0.25, 0.3) is 0 Å².